The maximum absolute atomic E-state index is 11.4. The van der Waals surface area contributed by atoms with Gasteiger partial charge in [0.15, 0.2) is 0 Å². The molecule has 17 heavy (non-hydrogen) atoms. The predicted molar refractivity (Wildman–Crippen MR) is 69.5 cm³/mol. The van der Waals surface area contributed by atoms with E-state index in [2.05, 4.69) is 20.4 Å². The molecule has 100 valence electrons. The Kier molecular flexibility index (Phi) is 10.4. The first-order valence-corrected chi connectivity index (χ1v) is 7.15. The molecule has 0 aliphatic carbocycles. The summed E-state index contributed by atoms with van der Waals surface area (Å²) >= 11 is 0. The van der Waals surface area contributed by atoms with Crippen LogP contribution in [0.15, 0.2) is 12.2 Å². The maximum atomic E-state index is 11.4. The van der Waals surface area contributed by atoms with Gasteiger partial charge in [0.2, 0.25) is 0 Å². The molecule has 0 aromatic rings. The zero-order valence-electron chi connectivity index (χ0n) is 11.0. The highest BCUT2D eigenvalue weighted by Gasteiger charge is 2.18. The fraction of sp³-hybridized carbons (Fsp3) is 0.750. The van der Waals surface area contributed by atoms with Gasteiger partial charge >= 0.3 is 14.6 Å². The van der Waals surface area contributed by atoms with Gasteiger partial charge in [0.25, 0.3) is 0 Å². The van der Waals surface area contributed by atoms with Gasteiger partial charge < -0.3 is 13.6 Å². The summed E-state index contributed by atoms with van der Waals surface area (Å²) in [7, 11) is -1.57. The quantitative estimate of drug-likeness (QED) is 0.339. The molecule has 0 unspecified atom stereocenters. The Hall–Kier alpha value is -0.440. The Labute approximate surface area is 105 Å². The highest BCUT2D eigenvalue weighted by molar-refractivity contribution is 7.42. The lowest BCUT2D eigenvalue weighted by Gasteiger charge is -2.15. The van der Waals surface area contributed by atoms with E-state index in [-0.39, 0.29) is 0 Å². The molecule has 0 atom stereocenters. The number of rotatable bonds is 10. The van der Waals surface area contributed by atoms with Crippen LogP contribution in [0.4, 0.5) is 0 Å². The minimum absolute atomic E-state index is 0.357. The van der Waals surface area contributed by atoms with Gasteiger partial charge in [-0.25, -0.2) is 4.79 Å². The smallest absolute Gasteiger partial charge is 0.391 e. The molecule has 5 heteroatoms. The van der Waals surface area contributed by atoms with Gasteiger partial charge in [0.1, 0.15) is 0 Å². The molecule has 0 amide bonds. The molecule has 0 aliphatic heterocycles. The first-order valence-electron chi connectivity index (χ1n) is 6.05. The summed E-state index contributed by atoms with van der Waals surface area (Å²) < 4.78 is 15.9. The molecule has 0 N–H and O–H groups in total. The van der Waals surface area contributed by atoms with E-state index < -0.39 is 14.6 Å². The molecule has 0 spiro atoms. The molecular formula is C12H23O4P. The molecule has 0 radical (unpaired) electrons. The van der Waals surface area contributed by atoms with Crippen LogP contribution in [0.2, 0.25) is 0 Å². The molecule has 0 aliphatic rings. The summed E-state index contributed by atoms with van der Waals surface area (Å²) in [6.07, 6.45) is 3.93. The minimum Gasteiger partial charge on any atom is -0.391 e. The topological polar surface area (TPSA) is 44.8 Å². The van der Waals surface area contributed by atoms with Crippen LogP contribution in [0.5, 0.6) is 0 Å². The van der Waals surface area contributed by atoms with Crippen LogP contribution in [-0.4, -0.2) is 19.2 Å². The Morgan fingerprint density at radius 2 is 1.59 bits per heavy atom. The van der Waals surface area contributed by atoms with Gasteiger partial charge in [-0.1, -0.05) is 33.3 Å². The lowest BCUT2D eigenvalue weighted by Crippen LogP contribution is -2.05. The van der Waals surface area contributed by atoms with E-state index in [1.165, 1.54) is 0 Å². The summed E-state index contributed by atoms with van der Waals surface area (Å²) in [5, 5.41) is 0. The molecule has 0 rings (SSSR count). The van der Waals surface area contributed by atoms with Crippen LogP contribution in [0.25, 0.3) is 0 Å². The van der Waals surface area contributed by atoms with Gasteiger partial charge in [-0.05, 0) is 19.8 Å². The Morgan fingerprint density at radius 1 is 1.12 bits per heavy atom. The monoisotopic (exact) mass is 262 g/mol. The maximum Gasteiger partial charge on any atom is 0.399 e. The van der Waals surface area contributed by atoms with Crippen molar-refractivity contribution in [2.24, 2.45) is 0 Å². The summed E-state index contributed by atoms with van der Waals surface area (Å²) in [4.78, 5) is 11.4. The first kappa shape index (κ1) is 16.6. The van der Waals surface area contributed by atoms with E-state index in [0.717, 1.165) is 25.7 Å². The van der Waals surface area contributed by atoms with Crippen LogP contribution >= 0.6 is 8.60 Å². The number of unbranched alkanes of at least 4 members (excludes halogenated alkanes) is 2. The second-order valence-corrected chi connectivity index (χ2v) is 4.90. The highest BCUT2D eigenvalue weighted by Crippen LogP contribution is 2.40. The van der Waals surface area contributed by atoms with Crippen molar-refractivity contribution in [3.8, 4) is 0 Å². The molecule has 0 heterocycles. The van der Waals surface area contributed by atoms with Crippen molar-refractivity contribution in [2.45, 2.75) is 46.5 Å². The normalized spacial score (nSPS) is 10.6. The fourth-order valence-corrected chi connectivity index (χ4v) is 1.83. The standard InChI is InChI=1S/C12H23O4P/c1-5-7-9-14-17(15-10-8-6-2)16-12(13)11(3)4/h3,5-10H2,1-2,4H3. The van der Waals surface area contributed by atoms with E-state index in [1.807, 2.05) is 0 Å². The number of carbonyl (C=O) groups is 1. The van der Waals surface area contributed by atoms with Crippen LogP contribution < -0.4 is 0 Å². The summed E-state index contributed by atoms with van der Waals surface area (Å²) in [5.74, 6) is -0.455. The molecule has 4 nitrogen and oxygen atoms in total. The summed E-state index contributed by atoms with van der Waals surface area (Å²) in [6, 6.07) is 0. The Bertz CT molecular complexity index is 221. The van der Waals surface area contributed by atoms with E-state index in [9.17, 15) is 4.79 Å². The zero-order valence-corrected chi connectivity index (χ0v) is 11.9. The first-order chi connectivity index (χ1) is 8.11. The Morgan fingerprint density at radius 3 is 1.94 bits per heavy atom. The minimum atomic E-state index is -1.57. The number of hydrogen-bond acceptors (Lipinski definition) is 4. The van der Waals surface area contributed by atoms with E-state index >= 15 is 0 Å². The third-order valence-electron chi connectivity index (χ3n) is 1.90. The van der Waals surface area contributed by atoms with Crippen molar-refractivity contribution in [1.82, 2.24) is 0 Å². The van der Waals surface area contributed by atoms with Gasteiger partial charge in [-0.3, -0.25) is 0 Å². The fourth-order valence-electron chi connectivity index (χ4n) is 0.802. The van der Waals surface area contributed by atoms with Crippen molar-refractivity contribution in [1.29, 1.82) is 0 Å². The second-order valence-electron chi connectivity index (χ2n) is 3.76. The Balaban J connectivity index is 4.00. The molecule has 0 aromatic carbocycles. The molecule has 0 aromatic heterocycles. The lowest BCUT2D eigenvalue weighted by molar-refractivity contribution is -0.131. The second kappa shape index (κ2) is 10.7. The highest BCUT2D eigenvalue weighted by atomic mass is 31.2. The molecular weight excluding hydrogens is 239 g/mol. The molecule has 0 bridgehead atoms. The van der Waals surface area contributed by atoms with Gasteiger partial charge in [-0.2, -0.15) is 0 Å². The predicted octanol–water partition coefficient (Wildman–Crippen LogP) is 3.97. The van der Waals surface area contributed by atoms with Crippen molar-refractivity contribution in [2.75, 3.05) is 13.2 Å². The third-order valence-corrected chi connectivity index (χ3v) is 3.00. The van der Waals surface area contributed by atoms with Gasteiger partial charge in [-0.15, -0.1) is 0 Å². The third kappa shape index (κ3) is 9.28. The van der Waals surface area contributed by atoms with Crippen LogP contribution in [0.3, 0.4) is 0 Å². The van der Waals surface area contributed by atoms with Crippen molar-refractivity contribution < 1.29 is 18.4 Å². The zero-order chi connectivity index (χ0) is 13.1. The average Bonchev–Trinajstić information content (AvgIpc) is 2.29. The van der Waals surface area contributed by atoms with Gasteiger partial charge in [0, 0.05) is 5.57 Å². The van der Waals surface area contributed by atoms with Crippen molar-refractivity contribution >= 4 is 14.6 Å². The lowest BCUT2D eigenvalue weighted by atomic mass is 10.4. The molecule has 0 saturated heterocycles. The SMILES string of the molecule is C=C(C)C(=O)OP(OCCCC)OCCCC. The molecule has 0 fully saturated rings. The van der Waals surface area contributed by atoms with E-state index in [1.54, 1.807) is 6.92 Å². The summed E-state index contributed by atoms with van der Waals surface area (Å²) in [6.45, 7) is 10.4. The van der Waals surface area contributed by atoms with Crippen LogP contribution in [0, 0.1) is 0 Å². The summed E-state index contributed by atoms with van der Waals surface area (Å²) in [5.41, 5.74) is 0.357. The van der Waals surface area contributed by atoms with Crippen molar-refractivity contribution in [3.63, 3.8) is 0 Å². The number of hydrogen-bond donors (Lipinski definition) is 0. The number of carbonyl (C=O) groups excluding carboxylic acids is 1. The average molecular weight is 262 g/mol. The van der Waals surface area contributed by atoms with Crippen LogP contribution in [-0.2, 0) is 18.4 Å². The van der Waals surface area contributed by atoms with E-state index in [0.29, 0.717) is 18.8 Å². The van der Waals surface area contributed by atoms with Gasteiger partial charge in [0.05, 0.1) is 13.2 Å². The van der Waals surface area contributed by atoms with Crippen molar-refractivity contribution in [3.05, 3.63) is 12.2 Å². The van der Waals surface area contributed by atoms with E-state index in [4.69, 9.17) is 13.6 Å². The molecule has 0 saturated carbocycles. The van der Waals surface area contributed by atoms with Crippen LogP contribution in [0.1, 0.15) is 46.5 Å². The largest absolute Gasteiger partial charge is 0.399 e.